The van der Waals surface area contributed by atoms with Gasteiger partial charge in [-0.15, -0.1) is 0 Å². The predicted molar refractivity (Wildman–Crippen MR) is 161 cm³/mol. The summed E-state index contributed by atoms with van der Waals surface area (Å²) in [6.45, 7) is 3.12. The average molecular weight is 584 g/mol. The van der Waals surface area contributed by atoms with Gasteiger partial charge in [0, 0.05) is 11.0 Å². The second-order valence-corrected chi connectivity index (χ2v) is 10.9. The van der Waals surface area contributed by atoms with Gasteiger partial charge in [0.05, 0.1) is 10.6 Å². The quantitative estimate of drug-likeness (QED) is 0.197. The van der Waals surface area contributed by atoms with Crippen molar-refractivity contribution in [1.82, 2.24) is 4.90 Å². The highest BCUT2D eigenvalue weighted by Crippen LogP contribution is 2.34. The number of rotatable bonds is 8. The Morgan fingerprint density at radius 1 is 0.868 bits per heavy atom. The molecule has 1 heterocycles. The SMILES string of the molecule is Cc1ccc(N=C2S/C(=C/c3ccc(OCc4ccc(Br)cc4)cc3)C(=O)N2CCc2ccccc2)cc1. The van der Waals surface area contributed by atoms with Crippen LogP contribution in [0.4, 0.5) is 5.69 Å². The zero-order valence-electron chi connectivity index (χ0n) is 21.0. The lowest BCUT2D eigenvalue weighted by Gasteiger charge is -2.15. The van der Waals surface area contributed by atoms with E-state index >= 15 is 0 Å². The van der Waals surface area contributed by atoms with E-state index < -0.39 is 0 Å². The molecule has 0 radical (unpaired) electrons. The summed E-state index contributed by atoms with van der Waals surface area (Å²) in [5, 5.41) is 0.704. The average Bonchev–Trinajstić information content (AvgIpc) is 3.23. The monoisotopic (exact) mass is 582 g/mol. The molecule has 1 fully saturated rings. The molecule has 4 nitrogen and oxygen atoms in total. The Bertz CT molecular complexity index is 1450. The summed E-state index contributed by atoms with van der Waals surface area (Å²) in [5.74, 6) is 0.763. The van der Waals surface area contributed by atoms with Crippen molar-refractivity contribution in [2.45, 2.75) is 20.0 Å². The summed E-state index contributed by atoms with van der Waals surface area (Å²) in [4.78, 5) is 20.7. The van der Waals surface area contributed by atoms with Gasteiger partial charge >= 0.3 is 0 Å². The summed E-state index contributed by atoms with van der Waals surface area (Å²) < 4.78 is 6.97. The summed E-state index contributed by atoms with van der Waals surface area (Å²) in [7, 11) is 0. The maximum absolute atomic E-state index is 13.5. The summed E-state index contributed by atoms with van der Waals surface area (Å²) in [6, 6.07) is 34.1. The van der Waals surface area contributed by atoms with Crippen LogP contribution in [0.5, 0.6) is 5.75 Å². The van der Waals surface area contributed by atoms with Gasteiger partial charge in [0.25, 0.3) is 5.91 Å². The zero-order valence-corrected chi connectivity index (χ0v) is 23.4. The number of carbonyl (C=O) groups is 1. The number of carbonyl (C=O) groups excluding carboxylic acids is 1. The van der Waals surface area contributed by atoms with Crippen LogP contribution in [0.25, 0.3) is 6.08 Å². The second-order valence-electron chi connectivity index (χ2n) is 9.02. The Kier molecular flexibility index (Phi) is 8.41. The highest BCUT2D eigenvalue weighted by molar-refractivity contribution is 9.10. The molecule has 4 aromatic rings. The van der Waals surface area contributed by atoms with Gasteiger partial charge in [0.15, 0.2) is 5.17 Å². The summed E-state index contributed by atoms with van der Waals surface area (Å²) in [5.41, 5.74) is 5.25. The molecular weight excluding hydrogens is 556 g/mol. The maximum Gasteiger partial charge on any atom is 0.266 e. The van der Waals surface area contributed by atoms with E-state index in [-0.39, 0.29) is 5.91 Å². The molecule has 5 rings (SSSR count). The number of amides is 1. The lowest BCUT2D eigenvalue weighted by molar-refractivity contribution is -0.122. The van der Waals surface area contributed by atoms with Crippen LogP contribution in [0.2, 0.25) is 0 Å². The number of halogens is 1. The highest BCUT2D eigenvalue weighted by Gasteiger charge is 2.33. The standard InChI is InChI=1S/C32H27BrN2O2S/c1-23-7-15-28(16-8-23)34-32-35(20-19-24-5-3-2-4-6-24)31(36)30(38-32)21-25-11-17-29(18-12-25)37-22-26-9-13-27(33)14-10-26/h2-18,21H,19-20,22H2,1H3/b30-21+,34-32?. The Morgan fingerprint density at radius 2 is 1.58 bits per heavy atom. The normalized spacial score (nSPS) is 15.4. The maximum atomic E-state index is 13.5. The van der Waals surface area contributed by atoms with E-state index in [1.54, 1.807) is 4.90 Å². The van der Waals surface area contributed by atoms with Gasteiger partial charge in [-0.2, -0.15) is 0 Å². The van der Waals surface area contributed by atoms with Crippen LogP contribution < -0.4 is 4.74 Å². The number of thioether (sulfide) groups is 1. The lowest BCUT2D eigenvalue weighted by Crippen LogP contribution is -2.31. The van der Waals surface area contributed by atoms with E-state index in [0.717, 1.165) is 33.5 Å². The van der Waals surface area contributed by atoms with Crippen LogP contribution >= 0.6 is 27.7 Å². The van der Waals surface area contributed by atoms with Crippen LogP contribution in [-0.4, -0.2) is 22.5 Å². The number of amidine groups is 1. The minimum atomic E-state index is -0.0210. The van der Waals surface area contributed by atoms with Crippen LogP contribution in [0.15, 0.2) is 117 Å². The first-order chi connectivity index (χ1) is 18.5. The van der Waals surface area contributed by atoms with E-state index in [2.05, 4.69) is 35.0 Å². The third-order valence-electron chi connectivity index (χ3n) is 6.11. The molecule has 0 N–H and O–H groups in total. The van der Waals surface area contributed by atoms with E-state index in [0.29, 0.717) is 23.2 Å². The molecule has 0 unspecified atom stereocenters. The molecule has 1 aliphatic rings. The zero-order chi connectivity index (χ0) is 26.3. The van der Waals surface area contributed by atoms with Gasteiger partial charge in [-0.05, 0) is 84.3 Å². The molecule has 0 spiro atoms. The minimum absolute atomic E-state index is 0.0210. The van der Waals surface area contributed by atoms with Crippen LogP contribution in [0.3, 0.4) is 0 Å². The summed E-state index contributed by atoms with van der Waals surface area (Å²) in [6.07, 6.45) is 2.69. The molecule has 4 aromatic carbocycles. The minimum Gasteiger partial charge on any atom is -0.489 e. The molecule has 38 heavy (non-hydrogen) atoms. The molecule has 1 amide bonds. The third-order valence-corrected chi connectivity index (χ3v) is 7.65. The van der Waals surface area contributed by atoms with Crippen molar-refractivity contribution in [3.05, 3.63) is 135 Å². The molecule has 0 atom stereocenters. The highest BCUT2D eigenvalue weighted by atomic mass is 79.9. The van der Waals surface area contributed by atoms with Crippen molar-refractivity contribution in [3.63, 3.8) is 0 Å². The predicted octanol–water partition coefficient (Wildman–Crippen LogP) is 8.18. The number of benzene rings is 4. The van der Waals surface area contributed by atoms with E-state index in [1.807, 2.05) is 97.1 Å². The number of hydrogen-bond acceptors (Lipinski definition) is 4. The molecule has 0 aliphatic carbocycles. The molecule has 0 aromatic heterocycles. The van der Waals surface area contributed by atoms with Crippen molar-refractivity contribution in [2.24, 2.45) is 4.99 Å². The number of aryl methyl sites for hydroxylation is 1. The van der Waals surface area contributed by atoms with Gasteiger partial charge < -0.3 is 4.74 Å². The van der Waals surface area contributed by atoms with Crippen molar-refractivity contribution in [3.8, 4) is 5.75 Å². The largest absolute Gasteiger partial charge is 0.489 e. The Balaban J connectivity index is 1.32. The molecular formula is C32H27BrN2O2S. The molecule has 0 bridgehead atoms. The van der Waals surface area contributed by atoms with E-state index in [4.69, 9.17) is 9.73 Å². The van der Waals surface area contributed by atoms with Gasteiger partial charge in [0.2, 0.25) is 0 Å². The second kappa shape index (κ2) is 12.3. The fourth-order valence-electron chi connectivity index (χ4n) is 3.96. The van der Waals surface area contributed by atoms with E-state index in [9.17, 15) is 4.79 Å². The van der Waals surface area contributed by atoms with Crippen molar-refractivity contribution in [1.29, 1.82) is 0 Å². The topological polar surface area (TPSA) is 41.9 Å². The lowest BCUT2D eigenvalue weighted by atomic mass is 10.1. The Morgan fingerprint density at radius 3 is 2.29 bits per heavy atom. The third kappa shape index (κ3) is 6.82. The van der Waals surface area contributed by atoms with E-state index in [1.165, 1.54) is 22.9 Å². The number of ether oxygens (including phenoxy) is 1. The molecule has 1 saturated heterocycles. The van der Waals surface area contributed by atoms with Crippen LogP contribution in [0.1, 0.15) is 22.3 Å². The molecule has 6 heteroatoms. The first kappa shape index (κ1) is 26.0. The van der Waals surface area contributed by atoms with Crippen molar-refractivity contribution in [2.75, 3.05) is 6.54 Å². The fourth-order valence-corrected chi connectivity index (χ4v) is 5.25. The first-order valence-corrected chi connectivity index (χ1v) is 14.0. The molecule has 0 saturated carbocycles. The van der Waals surface area contributed by atoms with Crippen LogP contribution in [-0.2, 0) is 17.8 Å². The van der Waals surface area contributed by atoms with Gasteiger partial charge in [-0.25, -0.2) is 4.99 Å². The number of aliphatic imine (C=N–C) groups is 1. The van der Waals surface area contributed by atoms with Crippen LogP contribution in [0, 0.1) is 6.92 Å². The number of nitrogens with zero attached hydrogens (tertiary/aromatic N) is 2. The van der Waals surface area contributed by atoms with Crippen molar-refractivity contribution < 1.29 is 9.53 Å². The van der Waals surface area contributed by atoms with Crippen molar-refractivity contribution >= 4 is 50.5 Å². The van der Waals surface area contributed by atoms with Gasteiger partial charge in [-0.1, -0.05) is 88.2 Å². The first-order valence-electron chi connectivity index (χ1n) is 12.4. The Labute approximate surface area is 236 Å². The molecule has 190 valence electrons. The summed E-state index contributed by atoms with van der Waals surface area (Å²) >= 11 is 4.87. The van der Waals surface area contributed by atoms with Gasteiger partial charge in [-0.3, -0.25) is 9.69 Å². The van der Waals surface area contributed by atoms with Gasteiger partial charge in [0.1, 0.15) is 12.4 Å². The fraction of sp³-hybridized carbons (Fsp3) is 0.125. The Hall–Kier alpha value is -3.61. The smallest absolute Gasteiger partial charge is 0.266 e. The molecule has 1 aliphatic heterocycles. The number of hydrogen-bond donors (Lipinski definition) is 0.